The standard InChI is InChI=1S/C73H107N13O14/c1-13-36-76-66(75-9)54(40-48-23-17-15-18-24-48)80-67(91)47(8)65(99-12)55-26-22-39-84(55)60(90)42-56(98-11)63(46(7)14-2)83(10)71(95)62(45(5)6)82-70(94)64-50-30-33-52(41-50)86(64)73(97)100-43-49-28-31-51(32-29-49)78-68(92)53(25-21-37-77-72(74)96)79-69(93)61(44(3)4)81-57(87)27-19-16-20-38-85-58(88)34-35-59(85)89/h13,15,17-18,23-24,28-29,31-32,34-36,44-47,50,52-56,61-65H,9,14,16,19-22,25-27,30,33,37-43H2,1-8,10-12H3,(H,78,92)(H,79,93)(H,80,91)(H,81,87)(H,82,94)(H3,74,77,96)/b36-13-,76-66-/t46-,47+,50-,52+,53-,54-,55-,56+,61-,62-,63-,64-,65+/m0/s1. The van der Waals surface area contributed by atoms with E-state index in [-0.39, 0.29) is 105 Å². The molecule has 0 radical (unpaired) electrons. The number of benzene rings is 2. The maximum absolute atomic E-state index is 15.0. The number of likely N-dealkylation sites (N-methyl/N-ethyl adjacent to an activating group) is 1. The number of nitrogens with zero attached hydrogens (tertiary/aromatic N) is 6. The third-order valence-corrected chi connectivity index (χ3v) is 19.6. The van der Waals surface area contributed by atoms with Gasteiger partial charge in [0.1, 0.15) is 36.6 Å². The molecule has 12 amide bonds. The van der Waals surface area contributed by atoms with Gasteiger partial charge in [-0.25, -0.2) is 19.6 Å². The maximum atomic E-state index is 15.0. The molecule has 3 fully saturated rings. The van der Waals surface area contributed by atoms with E-state index >= 15 is 0 Å². The van der Waals surface area contributed by atoms with Crippen molar-refractivity contribution in [3.8, 4) is 0 Å². The number of nitrogens with one attached hydrogen (secondary N) is 6. The molecule has 0 spiro atoms. The van der Waals surface area contributed by atoms with Gasteiger partial charge in [-0.3, -0.25) is 53.0 Å². The zero-order chi connectivity index (χ0) is 73.3. The molecule has 0 unspecified atom stereocenters. The second-order valence-corrected chi connectivity index (χ2v) is 27.3. The van der Waals surface area contributed by atoms with Gasteiger partial charge in [-0.05, 0) is 125 Å². The third-order valence-electron chi connectivity index (χ3n) is 19.6. The van der Waals surface area contributed by atoms with Crippen LogP contribution in [0.15, 0.2) is 89.0 Å². The summed E-state index contributed by atoms with van der Waals surface area (Å²) in [6.45, 7) is 19.1. The Morgan fingerprint density at radius 2 is 1.46 bits per heavy atom. The van der Waals surface area contributed by atoms with E-state index in [0.29, 0.717) is 87.8 Å². The summed E-state index contributed by atoms with van der Waals surface area (Å²) in [5, 5.41) is 17.0. The topological polar surface area (TPSA) is 351 Å². The number of methoxy groups -OCH3 is 2. The molecule has 2 aromatic carbocycles. The van der Waals surface area contributed by atoms with Crippen LogP contribution in [0.4, 0.5) is 15.3 Å². The molecule has 0 aromatic heterocycles. The van der Waals surface area contributed by atoms with E-state index in [1.165, 1.54) is 31.3 Å². The van der Waals surface area contributed by atoms with Gasteiger partial charge in [-0.2, -0.15) is 0 Å². The van der Waals surface area contributed by atoms with Crippen molar-refractivity contribution in [1.82, 2.24) is 46.2 Å². The van der Waals surface area contributed by atoms with E-state index in [1.54, 1.807) is 74.2 Å². The quantitative estimate of drug-likeness (QED) is 0.0173. The average Bonchev–Trinajstić information content (AvgIpc) is 1.64. The van der Waals surface area contributed by atoms with Crippen molar-refractivity contribution in [3.63, 3.8) is 0 Å². The Kier molecular flexibility index (Phi) is 31.4. The molecular formula is C73H107N13O14. The van der Waals surface area contributed by atoms with Crippen molar-refractivity contribution in [2.75, 3.05) is 46.2 Å². The lowest BCUT2D eigenvalue weighted by molar-refractivity contribution is -0.148. The lowest BCUT2D eigenvalue weighted by atomic mass is 9.89. The predicted molar refractivity (Wildman–Crippen MR) is 379 cm³/mol. The predicted octanol–water partition coefficient (Wildman–Crippen LogP) is 6.10. The molecular weight excluding hydrogens is 1280 g/mol. The number of hydrogen-bond donors (Lipinski definition) is 7. The van der Waals surface area contributed by atoms with Crippen molar-refractivity contribution in [3.05, 3.63) is 90.2 Å². The Morgan fingerprint density at radius 1 is 0.780 bits per heavy atom. The first-order valence-electron chi connectivity index (χ1n) is 35.2. The average molecular weight is 1390 g/mol. The summed E-state index contributed by atoms with van der Waals surface area (Å²) in [5.74, 6) is -5.17. The van der Waals surface area contributed by atoms with E-state index in [4.69, 9.17) is 19.9 Å². The maximum Gasteiger partial charge on any atom is 0.411 e. The summed E-state index contributed by atoms with van der Waals surface area (Å²) >= 11 is 0. The van der Waals surface area contributed by atoms with Crippen LogP contribution in [0.25, 0.3) is 0 Å². The largest absolute Gasteiger partial charge is 0.445 e. The van der Waals surface area contributed by atoms with Crippen LogP contribution in [0.3, 0.4) is 0 Å². The molecule has 3 heterocycles. The minimum Gasteiger partial charge on any atom is -0.445 e. The number of carbonyl (C=O) groups excluding carboxylic acids is 11. The molecule has 2 saturated heterocycles. The number of unbranched alkanes of at least 4 members (excludes halogenated alkanes) is 2. The fourth-order valence-corrected chi connectivity index (χ4v) is 14.0. The smallest absolute Gasteiger partial charge is 0.411 e. The van der Waals surface area contributed by atoms with Crippen LogP contribution < -0.4 is 37.6 Å². The van der Waals surface area contributed by atoms with Crippen LogP contribution >= 0.6 is 0 Å². The Bertz CT molecular complexity index is 3230. The third kappa shape index (κ3) is 22.1. The van der Waals surface area contributed by atoms with Crippen LogP contribution in [0.2, 0.25) is 0 Å². The first kappa shape index (κ1) is 80.1. The molecule has 100 heavy (non-hydrogen) atoms. The fourth-order valence-electron chi connectivity index (χ4n) is 14.0. The molecule has 548 valence electrons. The van der Waals surface area contributed by atoms with Crippen molar-refractivity contribution in [1.29, 1.82) is 0 Å². The Labute approximate surface area is 588 Å². The molecule has 27 nitrogen and oxygen atoms in total. The lowest BCUT2D eigenvalue weighted by Gasteiger charge is -2.41. The molecule has 2 aromatic rings. The molecule has 2 bridgehead atoms. The van der Waals surface area contributed by atoms with Gasteiger partial charge in [0, 0.05) is 77.4 Å². The number of primary amides is 1. The van der Waals surface area contributed by atoms with Crippen LogP contribution in [-0.2, 0) is 70.4 Å². The van der Waals surface area contributed by atoms with Crippen LogP contribution in [0.1, 0.15) is 150 Å². The van der Waals surface area contributed by atoms with E-state index in [1.807, 2.05) is 65.0 Å². The van der Waals surface area contributed by atoms with Gasteiger partial charge in [-0.15, -0.1) is 0 Å². The van der Waals surface area contributed by atoms with E-state index in [0.717, 1.165) is 10.5 Å². The number of allylic oxidation sites excluding steroid dienone is 1. The van der Waals surface area contributed by atoms with Gasteiger partial charge < -0.3 is 61.6 Å². The molecule has 6 rings (SSSR count). The number of aliphatic imine (C=N–C) groups is 2. The van der Waals surface area contributed by atoms with Gasteiger partial charge in [0.05, 0.1) is 42.7 Å². The van der Waals surface area contributed by atoms with E-state index in [2.05, 4.69) is 48.6 Å². The summed E-state index contributed by atoms with van der Waals surface area (Å²) in [6, 6.07) is 9.46. The minimum atomic E-state index is -1.11. The normalized spacial score (nSPS) is 20.1. The highest BCUT2D eigenvalue weighted by Gasteiger charge is 2.53. The number of ether oxygens (including phenoxy) is 3. The zero-order valence-corrected chi connectivity index (χ0v) is 60.1. The number of carbonyl (C=O) groups is 11. The molecule has 13 atom stereocenters. The minimum absolute atomic E-state index is 0.0840. The number of piperidine rings is 1. The zero-order valence-electron chi connectivity index (χ0n) is 60.1. The van der Waals surface area contributed by atoms with Crippen molar-refractivity contribution in [2.24, 2.45) is 45.3 Å². The number of nitrogens with two attached hydrogens (primary N) is 1. The number of imide groups is 1. The number of anilines is 1. The Hall–Kier alpha value is -8.85. The number of amides is 12. The number of urea groups is 1. The van der Waals surface area contributed by atoms with Gasteiger partial charge in [0.25, 0.3) is 11.8 Å². The van der Waals surface area contributed by atoms with Gasteiger partial charge >= 0.3 is 12.1 Å². The highest BCUT2D eigenvalue weighted by molar-refractivity contribution is 6.12. The summed E-state index contributed by atoms with van der Waals surface area (Å²) in [4.78, 5) is 163. The fraction of sp³-hybridized carbons (Fsp3) is 0.603. The first-order valence-corrected chi connectivity index (χ1v) is 35.2. The van der Waals surface area contributed by atoms with Gasteiger partial charge in [0.2, 0.25) is 41.4 Å². The first-order chi connectivity index (χ1) is 47.8. The number of hydrogen-bond acceptors (Lipinski definition) is 15. The second-order valence-electron chi connectivity index (χ2n) is 27.3. The highest BCUT2D eigenvalue weighted by atomic mass is 16.6. The highest BCUT2D eigenvalue weighted by Crippen LogP contribution is 2.43. The number of likely N-dealkylation sites (tertiary alicyclic amines) is 2. The Morgan fingerprint density at radius 3 is 2.08 bits per heavy atom. The van der Waals surface area contributed by atoms with Crippen LogP contribution in [0.5, 0.6) is 0 Å². The lowest BCUT2D eigenvalue weighted by Crippen LogP contribution is -2.60. The van der Waals surface area contributed by atoms with Crippen molar-refractivity contribution >= 4 is 83.5 Å². The van der Waals surface area contributed by atoms with Crippen molar-refractivity contribution < 1.29 is 67.0 Å². The van der Waals surface area contributed by atoms with Crippen molar-refractivity contribution in [2.45, 2.75) is 212 Å². The molecule has 1 aliphatic carbocycles. The van der Waals surface area contributed by atoms with Gasteiger partial charge in [0.15, 0.2) is 0 Å². The van der Waals surface area contributed by atoms with E-state index in [9.17, 15) is 52.7 Å². The number of fused-ring (bicyclic) bond motifs is 2. The van der Waals surface area contributed by atoms with Crippen LogP contribution in [0, 0.1) is 29.6 Å². The Balaban J connectivity index is 1.06. The number of amidine groups is 1. The SMILES string of the molecule is C=N/C(=N\C=C/C)[C@H](Cc1ccccc1)NC(=O)[C@H](C)[C@@H](OC)[C@@H]1CCCN1C(=O)C[C@@H](OC)[C@H]([C@@H](C)CC)N(C)C(=O)[C@@H](NC(=O)[C@@H]1[C@H]2CC[C@H](C2)N1C(=O)OCc1ccc(NC(=O)[C@H](CCCNC(N)=O)NC(=O)[C@@H](NC(=O)CCCCCN2C(=O)C=CC2=O)C(C)C)cc1)C(C)C. The molecule has 3 aliphatic heterocycles. The summed E-state index contributed by atoms with van der Waals surface area (Å²) < 4.78 is 18.1. The van der Waals surface area contributed by atoms with Crippen LogP contribution in [-0.4, -0.2) is 199 Å². The molecule has 4 aliphatic rings. The monoisotopic (exact) mass is 1390 g/mol. The molecule has 8 N–H and O–H groups in total. The molecule has 27 heteroatoms. The molecule has 1 saturated carbocycles. The second kappa shape index (κ2) is 39.2. The summed E-state index contributed by atoms with van der Waals surface area (Å²) in [7, 11) is 4.72. The summed E-state index contributed by atoms with van der Waals surface area (Å²) in [5.41, 5.74) is 7.15. The number of rotatable bonds is 38. The summed E-state index contributed by atoms with van der Waals surface area (Å²) in [6.07, 6.45) is 9.78. The van der Waals surface area contributed by atoms with Gasteiger partial charge in [-0.1, -0.05) is 110 Å². The van der Waals surface area contributed by atoms with E-state index < -0.39 is 96.2 Å².